The van der Waals surface area contributed by atoms with Crippen molar-refractivity contribution in [2.45, 2.75) is 52.7 Å². The summed E-state index contributed by atoms with van der Waals surface area (Å²) in [4.78, 5) is 12.5. The fraction of sp³-hybridized carbons (Fsp3) is 0.533. The van der Waals surface area contributed by atoms with Gasteiger partial charge in [-0.3, -0.25) is 18.4 Å². The molecule has 4 nitrogen and oxygen atoms in total. The molecule has 0 spiro atoms. The Kier molecular flexibility index (Phi) is 4.96. The van der Waals surface area contributed by atoms with Crippen LogP contribution in [0.1, 0.15) is 51.9 Å². The van der Waals surface area contributed by atoms with Crippen LogP contribution in [0, 0.1) is 0 Å². The molecule has 20 heavy (non-hydrogen) atoms. The summed E-state index contributed by atoms with van der Waals surface area (Å²) in [6, 6.07) is 8.43. The van der Waals surface area contributed by atoms with Crippen LogP contribution in [-0.2, 0) is 13.6 Å². The third-order valence-electron chi connectivity index (χ3n) is 2.06. The molecule has 112 valence electrons. The van der Waals surface area contributed by atoms with Gasteiger partial charge >= 0.3 is 7.60 Å². The van der Waals surface area contributed by atoms with Gasteiger partial charge in [0.25, 0.3) is 5.52 Å². The first-order valence-corrected chi connectivity index (χ1v) is 8.09. The van der Waals surface area contributed by atoms with Gasteiger partial charge in [0, 0.05) is 5.56 Å². The van der Waals surface area contributed by atoms with Gasteiger partial charge in [0.2, 0.25) is 0 Å². The van der Waals surface area contributed by atoms with E-state index in [0.717, 1.165) is 0 Å². The van der Waals surface area contributed by atoms with Crippen LogP contribution in [0.25, 0.3) is 0 Å². The summed E-state index contributed by atoms with van der Waals surface area (Å²) in [7, 11) is -3.91. The second kappa shape index (κ2) is 5.80. The highest BCUT2D eigenvalue weighted by molar-refractivity contribution is 7.72. The van der Waals surface area contributed by atoms with Crippen molar-refractivity contribution in [2.24, 2.45) is 0 Å². The van der Waals surface area contributed by atoms with Gasteiger partial charge in [0.1, 0.15) is 0 Å². The Hall–Kier alpha value is -0.960. The van der Waals surface area contributed by atoms with E-state index in [1.165, 1.54) is 0 Å². The minimum atomic E-state index is -3.91. The topological polar surface area (TPSA) is 52.6 Å². The third kappa shape index (κ3) is 5.20. The van der Waals surface area contributed by atoms with Crippen LogP contribution >= 0.6 is 7.60 Å². The van der Waals surface area contributed by atoms with Crippen LogP contribution in [0.5, 0.6) is 0 Å². The van der Waals surface area contributed by atoms with Crippen LogP contribution in [-0.4, -0.2) is 16.7 Å². The Labute approximate surface area is 121 Å². The van der Waals surface area contributed by atoms with E-state index in [2.05, 4.69) is 0 Å². The number of benzene rings is 1. The molecule has 5 heteroatoms. The molecule has 0 heterocycles. The summed E-state index contributed by atoms with van der Waals surface area (Å²) in [6.07, 6.45) is 0. The lowest BCUT2D eigenvalue weighted by molar-refractivity contribution is 0.0447. The van der Waals surface area contributed by atoms with Gasteiger partial charge in [-0.2, -0.15) is 0 Å². The maximum Gasteiger partial charge on any atom is 0.402 e. The molecular formula is C15H23O4P. The van der Waals surface area contributed by atoms with Gasteiger partial charge in [-0.1, -0.05) is 30.3 Å². The summed E-state index contributed by atoms with van der Waals surface area (Å²) < 4.78 is 24.0. The SMILES string of the molecule is CC(C)(C)OP(=O)(OC(C)(C)C)C(=O)c1ccccc1. The molecule has 1 aromatic rings. The summed E-state index contributed by atoms with van der Waals surface area (Å²) >= 11 is 0. The Morgan fingerprint density at radius 2 is 1.30 bits per heavy atom. The van der Waals surface area contributed by atoms with Crippen molar-refractivity contribution in [2.75, 3.05) is 0 Å². The fourth-order valence-corrected chi connectivity index (χ4v) is 3.67. The predicted molar refractivity (Wildman–Crippen MR) is 80.1 cm³/mol. The molecule has 1 rings (SSSR count). The minimum absolute atomic E-state index is 0.323. The molecule has 0 aliphatic rings. The highest BCUT2D eigenvalue weighted by Crippen LogP contribution is 2.56. The molecule has 0 unspecified atom stereocenters. The van der Waals surface area contributed by atoms with Crippen LogP contribution in [0.4, 0.5) is 0 Å². The van der Waals surface area contributed by atoms with Crippen molar-refractivity contribution < 1.29 is 18.4 Å². The van der Waals surface area contributed by atoms with Crippen LogP contribution in [0.15, 0.2) is 30.3 Å². The minimum Gasteiger partial charge on any atom is -0.297 e. The van der Waals surface area contributed by atoms with Crippen LogP contribution < -0.4 is 0 Å². The molecule has 0 fully saturated rings. The summed E-state index contributed by atoms with van der Waals surface area (Å²) in [5.74, 6) is 0. The van der Waals surface area contributed by atoms with Gasteiger partial charge in [0.05, 0.1) is 11.2 Å². The zero-order valence-corrected chi connectivity index (χ0v) is 13.9. The molecule has 0 aromatic heterocycles. The van der Waals surface area contributed by atoms with Crippen molar-refractivity contribution in [3.63, 3.8) is 0 Å². The number of rotatable bonds is 4. The molecule has 1 aromatic carbocycles. The van der Waals surface area contributed by atoms with Gasteiger partial charge in [-0.15, -0.1) is 0 Å². The van der Waals surface area contributed by atoms with Crippen LogP contribution in [0.2, 0.25) is 0 Å². The lowest BCUT2D eigenvalue weighted by Gasteiger charge is -2.30. The van der Waals surface area contributed by atoms with Gasteiger partial charge in [-0.05, 0) is 41.5 Å². The molecule has 0 radical (unpaired) electrons. The van der Waals surface area contributed by atoms with Crippen molar-refractivity contribution in [1.82, 2.24) is 0 Å². The molecule has 0 bridgehead atoms. The smallest absolute Gasteiger partial charge is 0.297 e. The molecule has 0 N–H and O–H groups in total. The van der Waals surface area contributed by atoms with E-state index < -0.39 is 24.3 Å². The highest BCUT2D eigenvalue weighted by atomic mass is 31.2. The second-order valence-electron chi connectivity index (χ2n) is 6.58. The molecule has 0 aliphatic heterocycles. The molecule has 0 aliphatic carbocycles. The third-order valence-corrected chi connectivity index (χ3v) is 4.39. The van der Waals surface area contributed by atoms with Gasteiger partial charge < -0.3 is 0 Å². The van der Waals surface area contributed by atoms with Crippen molar-refractivity contribution in [1.29, 1.82) is 0 Å². The van der Waals surface area contributed by atoms with E-state index >= 15 is 0 Å². The van der Waals surface area contributed by atoms with E-state index in [9.17, 15) is 9.36 Å². The monoisotopic (exact) mass is 298 g/mol. The molecule has 0 saturated heterocycles. The first-order chi connectivity index (χ1) is 8.93. The zero-order valence-electron chi connectivity index (χ0n) is 13.0. The van der Waals surface area contributed by atoms with E-state index in [1.54, 1.807) is 71.9 Å². The Morgan fingerprint density at radius 1 is 0.900 bits per heavy atom. The average Bonchev–Trinajstić information content (AvgIpc) is 2.24. The number of hydrogen-bond acceptors (Lipinski definition) is 4. The lowest BCUT2D eigenvalue weighted by atomic mass is 10.2. The number of carbonyl (C=O) groups excluding carboxylic acids is 1. The molecular weight excluding hydrogens is 275 g/mol. The van der Waals surface area contributed by atoms with Crippen molar-refractivity contribution in [3.05, 3.63) is 35.9 Å². The normalized spacial score (nSPS) is 13.3. The largest absolute Gasteiger partial charge is 0.402 e. The summed E-state index contributed by atoms with van der Waals surface area (Å²) in [5.41, 5.74) is -1.77. The maximum atomic E-state index is 13.0. The second-order valence-corrected chi connectivity index (χ2v) is 8.34. The van der Waals surface area contributed by atoms with Crippen molar-refractivity contribution >= 4 is 13.1 Å². The van der Waals surface area contributed by atoms with Gasteiger partial charge in [-0.25, -0.2) is 0 Å². The van der Waals surface area contributed by atoms with E-state index in [-0.39, 0.29) is 0 Å². The first kappa shape index (κ1) is 17.1. The van der Waals surface area contributed by atoms with E-state index in [1.807, 2.05) is 0 Å². The molecule has 0 saturated carbocycles. The van der Waals surface area contributed by atoms with E-state index in [0.29, 0.717) is 5.56 Å². The highest BCUT2D eigenvalue weighted by Gasteiger charge is 2.42. The van der Waals surface area contributed by atoms with Gasteiger partial charge in [0.15, 0.2) is 0 Å². The maximum absolute atomic E-state index is 13.0. The summed E-state index contributed by atoms with van der Waals surface area (Å²) in [6.45, 7) is 10.4. The Balaban J connectivity index is 3.18. The first-order valence-electron chi connectivity index (χ1n) is 6.54. The quantitative estimate of drug-likeness (QED) is 0.759. The Bertz CT molecular complexity index is 489. The Morgan fingerprint density at radius 3 is 1.65 bits per heavy atom. The number of carbonyl (C=O) groups is 1. The van der Waals surface area contributed by atoms with Crippen molar-refractivity contribution in [3.8, 4) is 0 Å². The molecule has 0 amide bonds. The summed E-state index contributed by atoms with van der Waals surface area (Å²) in [5, 5.41) is 0. The van der Waals surface area contributed by atoms with Crippen LogP contribution in [0.3, 0.4) is 0 Å². The average molecular weight is 298 g/mol. The number of hydrogen-bond donors (Lipinski definition) is 0. The molecule has 0 atom stereocenters. The van der Waals surface area contributed by atoms with E-state index in [4.69, 9.17) is 9.05 Å². The fourth-order valence-electron chi connectivity index (χ4n) is 1.56. The lowest BCUT2D eigenvalue weighted by Crippen LogP contribution is -2.26. The predicted octanol–water partition coefficient (Wildman–Crippen LogP) is 4.65. The standard InChI is InChI=1S/C15H23O4P/c1-14(2,3)18-20(17,19-15(4,5)6)13(16)12-10-8-7-9-11-12/h7-11H,1-6H3. The zero-order chi connectivity index (χ0) is 15.6.